The van der Waals surface area contributed by atoms with Crippen LogP contribution in [0.1, 0.15) is 17.2 Å². The van der Waals surface area contributed by atoms with Gasteiger partial charge in [0.25, 0.3) is 0 Å². The maximum atomic E-state index is 13.7. The van der Waals surface area contributed by atoms with Crippen LogP contribution in [0.15, 0.2) is 109 Å². The molecule has 7 rings (SSSR count). The Bertz CT molecular complexity index is 1760. The van der Waals surface area contributed by atoms with Gasteiger partial charge in [0.05, 0.1) is 13.2 Å². The average Bonchev–Trinajstić information content (AvgIpc) is 3.63. The van der Waals surface area contributed by atoms with Crippen LogP contribution in [0.5, 0.6) is 5.75 Å². The second-order valence-electron chi connectivity index (χ2n) is 10.8. The zero-order valence-corrected chi connectivity index (χ0v) is 23.6. The Morgan fingerprint density at radius 1 is 0.881 bits per heavy atom. The minimum absolute atomic E-state index is 0.128. The monoisotopic (exact) mass is 555 g/mol. The maximum Gasteiger partial charge on any atom is 0.242 e. The molecule has 0 atom stereocenters. The fourth-order valence-electron chi connectivity index (χ4n) is 6.21. The molecule has 0 saturated carbocycles. The first kappa shape index (κ1) is 26.0. The first-order valence-electron chi connectivity index (χ1n) is 14.4. The van der Waals surface area contributed by atoms with Crippen molar-refractivity contribution in [3.63, 3.8) is 0 Å². The number of nitrogens with one attached hydrogen (secondary N) is 1. The van der Waals surface area contributed by atoms with Crippen molar-refractivity contribution < 1.29 is 9.53 Å². The second-order valence-corrected chi connectivity index (χ2v) is 10.8. The Morgan fingerprint density at radius 2 is 1.60 bits per heavy atom. The number of benzene rings is 3. The Labute approximate surface area is 245 Å². The van der Waals surface area contributed by atoms with Crippen molar-refractivity contribution >= 4 is 27.8 Å². The lowest BCUT2D eigenvalue weighted by Gasteiger charge is -2.40. The fraction of sp³-hybridized carbons (Fsp3) is 0.200. The fourth-order valence-corrected chi connectivity index (χ4v) is 6.21. The van der Waals surface area contributed by atoms with E-state index in [0.29, 0.717) is 13.1 Å². The van der Waals surface area contributed by atoms with Crippen LogP contribution in [0.3, 0.4) is 0 Å². The van der Waals surface area contributed by atoms with Crippen LogP contribution in [0.25, 0.3) is 33.2 Å². The number of amides is 1. The summed E-state index contributed by atoms with van der Waals surface area (Å²) < 4.78 is 7.60. The molecule has 0 unspecified atom stereocenters. The number of carbonyl (C=O) groups is 1. The van der Waals surface area contributed by atoms with E-state index in [1.807, 2.05) is 35.2 Å². The molecule has 0 aliphatic carbocycles. The number of fused-ring (bicyclic) bond motifs is 2. The zero-order valence-electron chi connectivity index (χ0n) is 23.6. The van der Waals surface area contributed by atoms with Gasteiger partial charge in [-0.3, -0.25) is 9.69 Å². The summed E-state index contributed by atoms with van der Waals surface area (Å²) in [6.45, 7) is 3.31. The normalized spacial score (nSPS) is 14.2. The smallest absolute Gasteiger partial charge is 0.242 e. The number of aromatic amines is 1. The Hall–Kier alpha value is -4.88. The highest BCUT2D eigenvalue weighted by molar-refractivity contribution is 5.99. The quantitative estimate of drug-likeness (QED) is 0.258. The molecular formula is C35H33N5O2. The molecule has 1 N–H and O–H groups in total. The highest BCUT2D eigenvalue weighted by Crippen LogP contribution is 2.34. The molecule has 1 amide bonds. The lowest BCUT2D eigenvalue weighted by atomic mass is 9.96. The number of methoxy groups -OCH3 is 1. The molecule has 210 valence electrons. The Morgan fingerprint density at radius 3 is 2.26 bits per heavy atom. The number of pyridine rings is 1. The molecule has 3 aromatic heterocycles. The van der Waals surface area contributed by atoms with Crippen molar-refractivity contribution in [2.75, 3.05) is 33.3 Å². The summed E-state index contributed by atoms with van der Waals surface area (Å²) >= 11 is 0. The predicted molar refractivity (Wildman–Crippen MR) is 166 cm³/mol. The van der Waals surface area contributed by atoms with Crippen LogP contribution in [0.4, 0.5) is 0 Å². The van der Waals surface area contributed by atoms with Crippen LogP contribution in [-0.4, -0.2) is 63.5 Å². The minimum atomic E-state index is 0.128. The number of hydrogen-bond acceptors (Lipinski definition) is 4. The highest BCUT2D eigenvalue weighted by Gasteiger charge is 2.28. The van der Waals surface area contributed by atoms with Gasteiger partial charge in [-0.05, 0) is 47.5 Å². The van der Waals surface area contributed by atoms with E-state index in [0.717, 1.165) is 52.0 Å². The number of carbonyl (C=O) groups excluding carboxylic acids is 1. The third-order valence-corrected chi connectivity index (χ3v) is 8.34. The van der Waals surface area contributed by atoms with E-state index in [2.05, 4.69) is 92.4 Å². The summed E-state index contributed by atoms with van der Waals surface area (Å²) in [6, 6.07) is 33.6. The molecule has 1 saturated heterocycles. The van der Waals surface area contributed by atoms with Crippen LogP contribution in [0, 0.1) is 0 Å². The van der Waals surface area contributed by atoms with Gasteiger partial charge in [-0.2, -0.15) is 0 Å². The third kappa shape index (κ3) is 4.92. The van der Waals surface area contributed by atoms with E-state index in [1.54, 1.807) is 13.3 Å². The topological polar surface area (TPSA) is 66.4 Å². The van der Waals surface area contributed by atoms with Crippen molar-refractivity contribution in [1.29, 1.82) is 0 Å². The highest BCUT2D eigenvalue weighted by atomic mass is 16.5. The third-order valence-electron chi connectivity index (χ3n) is 8.34. The first-order chi connectivity index (χ1) is 20.7. The van der Waals surface area contributed by atoms with E-state index < -0.39 is 0 Å². The molecule has 3 aromatic carbocycles. The number of hydrogen-bond donors (Lipinski definition) is 1. The van der Waals surface area contributed by atoms with Crippen molar-refractivity contribution in [3.05, 3.63) is 121 Å². The number of ether oxygens (including phenoxy) is 1. The van der Waals surface area contributed by atoms with Gasteiger partial charge in [0.15, 0.2) is 0 Å². The number of piperazine rings is 1. The molecule has 7 heteroatoms. The average molecular weight is 556 g/mol. The van der Waals surface area contributed by atoms with Gasteiger partial charge in [-0.25, -0.2) is 4.98 Å². The Balaban J connectivity index is 1.12. The number of rotatable bonds is 7. The zero-order chi connectivity index (χ0) is 28.5. The second kappa shape index (κ2) is 11.2. The minimum Gasteiger partial charge on any atom is -0.497 e. The van der Waals surface area contributed by atoms with E-state index in [-0.39, 0.29) is 18.5 Å². The van der Waals surface area contributed by atoms with Gasteiger partial charge in [-0.1, -0.05) is 60.7 Å². The molecule has 4 heterocycles. The predicted octanol–water partition coefficient (Wildman–Crippen LogP) is 6.13. The van der Waals surface area contributed by atoms with Gasteiger partial charge in [0.2, 0.25) is 5.91 Å². The van der Waals surface area contributed by atoms with Crippen LogP contribution in [0.2, 0.25) is 0 Å². The van der Waals surface area contributed by atoms with Crippen LogP contribution in [-0.2, 0) is 11.3 Å². The summed E-state index contributed by atoms with van der Waals surface area (Å²) in [6.07, 6.45) is 3.86. The lowest BCUT2D eigenvalue weighted by molar-refractivity contribution is -0.133. The van der Waals surface area contributed by atoms with E-state index in [1.165, 1.54) is 11.1 Å². The molecule has 0 radical (unpaired) electrons. The molecular weight excluding hydrogens is 522 g/mol. The molecule has 7 nitrogen and oxygen atoms in total. The molecule has 1 fully saturated rings. The maximum absolute atomic E-state index is 13.7. The number of H-pyrrole nitrogens is 1. The van der Waals surface area contributed by atoms with E-state index in [9.17, 15) is 4.79 Å². The summed E-state index contributed by atoms with van der Waals surface area (Å²) in [5, 5.41) is 2.08. The lowest BCUT2D eigenvalue weighted by Crippen LogP contribution is -2.50. The number of nitrogens with zero attached hydrogens (tertiary/aromatic N) is 4. The molecule has 1 aliphatic heterocycles. The van der Waals surface area contributed by atoms with E-state index >= 15 is 0 Å². The van der Waals surface area contributed by atoms with Crippen LogP contribution < -0.4 is 4.74 Å². The standard InChI is InChI=1S/C35H33N5O2/c1-42-28-14-15-32-29(22-28)30(31-21-27-13-8-16-36-35(27)37-31)23-40(32)24-33(41)38-17-19-39(20-18-38)34(25-9-4-2-5-10-25)26-11-6-3-7-12-26/h2-16,21-23,34H,17-20,24H2,1H3,(H,36,37). The number of aromatic nitrogens is 3. The van der Waals surface area contributed by atoms with Crippen molar-refractivity contribution in [2.45, 2.75) is 12.6 Å². The molecule has 6 aromatic rings. The van der Waals surface area contributed by atoms with Gasteiger partial charge < -0.3 is 19.2 Å². The van der Waals surface area contributed by atoms with Crippen molar-refractivity contribution in [1.82, 2.24) is 24.3 Å². The largest absolute Gasteiger partial charge is 0.497 e. The van der Waals surface area contributed by atoms with Gasteiger partial charge in [0.1, 0.15) is 17.9 Å². The van der Waals surface area contributed by atoms with Crippen molar-refractivity contribution in [2.24, 2.45) is 0 Å². The van der Waals surface area contributed by atoms with E-state index in [4.69, 9.17) is 4.74 Å². The Kier molecular flexibility index (Phi) is 6.93. The molecule has 0 spiro atoms. The first-order valence-corrected chi connectivity index (χ1v) is 14.4. The van der Waals surface area contributed by atoms with Gasteiger partial charge >= 0.3 is 0 Å². The van der Waals surface area contributed by atoms with Gasteiger partial charge in [0, 0.05) is 66.1 Å². The molecule has 0 bridgehead atoms. The van der Waals surface area contributed by atoms with Crippen molar-refractivity contribution in [3.8, 4) is 17.0 Å². The molecule has 1 aliphatic rings. The van der Waals surface area contributed by atoms with Crippen LogP contribution >= 0.6 is 0 Å². The summed E-state index contributed by atoms with van der Waals surface area (Å²) in [5.41, 5.74) is 6.38. The summed E-state index contributed by atoms with van der Waals surface area (Å²) in [4.78, 5) is 26.1. The summed E-state index contributed by atoms with van der Waals surface area (Å²) in [5.74, 6) is 0.910. The SMILES string of the molecule is COc1ccc2c(c1)c(-c1cc3cccnc3[nH]1)cn2CC(=O)N1CCN(C(c2ccccc2)c2ccccc2)CC1. The summed E-state index contributed by atoms with van der Waals surface area (Å²) in [7, 11) is 1.67. The van der Waals surface area contributed by atoms with Gasteiger partial charge in [-0.15, -0.1) is 0 Å². The molecule has 42 heavy (non-hydrogen) atoms.